The van der Waals surface area contributed by atoms with Crippen LogP contribution in [0.1, 0.15) is 17.5 Å². The van der Waals surface area contributed by atoms with Crippen molar-refractivity contribution in [2.45, 2.75) is 25.8 Å². The van der Waals surface area contributed by atoms with Crippen molar-refractivity contribution in [3.8, 4) is 0 Å². The van der Waals surface area contributed by atoms with Crippen molar-refractivity contribution in [1.82, 2.24) is 9.88 Å². The van der Waals surface area contributed by atoms with Crippen LogP contribution in [0, 0.1) is 6.92 Å². The summed E-state index contributed by atoms with van der Waals surface area (Å²) in [4.78, 5) is 33.2. The highest BCUT2D eigenvalue weighted by atomic mass is 35.5. The fraction of sp³-hybridized carbons (Fsp3) is 0.179. The molecule has 2 amide bonds. The highest BCUT2D eigenvalue weighted by molar-refractivity contribution is 7.80. The molecule has 0 saturated carbocycles. The van der Waals surface area contributed by atoms with Crippen LogP contribution in [0.15, 0.2) is 79.0 Å². The molecule has 1 fully saturated rings. The summed E-state index contributed by atoms with van der Waals surface area (Å²) in [6, 6.07) is 22.2. The van der Waals surface area contributed by atoms with Gasteiger partial charge in [-0.3, -0.25) is 14.5 Å². The quantitative estimate of drug-likeness (QED) is 0.309. The molecule has 1 aliphatic rings. The van der Waals surface area contributed by atoms with Gasteiger partial charge in [0.25, 0.3) is 5.91 Å². The molecule has 4 aromatic rings. The van der Waals surface area contributed by atoms with Crippen molar-refractivity contribution >= 4 is 63.0 Å². The third-order valence-electron chi connectivity index (χ3n) is 6.36. The van der Waals surface area contributed by atoms with Gasteiger partial charge < -0.3 is 15.2 Å². The minimum atomic E-state index is -0.702. The van der Waals surface area contributed by atoms with Crippen molar-refractivity contribution in [1.29, 1.82) is 0 Å². The topological polar surface area (TPSA) is 68.4 Å². The molecule has 1 unspecified atom stereocenters. The van der Waals surface area contributed by atoms with Crippen molar-refractivity contribution in [3.63, 3.8) is 0 Å². The minimum Gasteiger partial charge on any atom is -0.361 e. The number of carbonyl (C=O) groups is 2. The predicted molar refractivity (Wildman–Crippen MR) is 148 cm³/mol. The van der Waals surface area contributed by atoms with Gasteiger partial charge in [-0.2, -0.15) is 0 Å². The molecule has 36 heavy (non-hydrogen) atoms. The largest absolute Gasteiger partial charge is 0.361 e. The second-order valence-corrected chi connectivity index (χ2v) is 9.71. The van der Waals surface area contributed by atoms with Gasteiger partial charge in [0.2, 0.25) is 5.91 Å². The van der Waals surface area contributed by atoms with E-state index in [4.69, 9.17) is 23.8 Å². The van der Waals surface area contributed by atoms with E-state index < -0.39 is 6.04 Å². The number of aromatic amines is 1. The van der Waals surface area contributed by atoms with E-state index in [2.05, 4.69) is 10.3 Å². The SMILES string of the molecule is Cc1ccc(N2C(=O)C(CC(=O)Nc3ccc4cc[nH]c4c3)N(CCc3cccc(Cl)c3)C2=S)cc1. The Labute approximate surface area is 219 Å². The summed E-state index contributed by atoms with van der Waals surface area (Å²) in [5.74, 6) is -0.453. The van der Waals surface area contributed by atoms with Gasteiger partial charge in [-0.15, -0.1) is 0 Å². The molecule has 1 aromatic heterocycles. The average Bonchev–Trinajstić information content (AvgIpc) is 3.41. The average molecular weight is 517 g/mol. The maximum absolute atomic E-state index is 13.6. The van der Waals surface area contributed by atoms with Gasteiger partial charge in [0.05, 0.1) is 12.1 Å². The smallest absolute Gasteiger partial charge is 0.256 e. The molecule has 2 heterocycles. The Morgan fingerprint density at radius 1 is 1.08 bits per heavy atom. The van der Waals surface area contributed by atoms with E-state index in [0.29, 0.717) is 34.5 Å². The lowest BCUT2D eigenvalue weighted by Crippen LogP contribution is -2.39. The first-order valence-corrected chi connectivity index (χ1v) is 12.5. The molecule has 0 spiro atoms. The number of nitrogens with one attached hydrogen (secondary N) is 2. The van der Waals surface area contributed by atoms with Crippen molar-refractivity contribution < 1.29 is 9.59 Å². The van der Waals surface area contributed by atoms with Crippen LogP contribution in [0.5, 0.6) is 0 Å². The van der Waals surface area contributed by atoms with Crippen LogP contribution in [0.3, 0.4) is 0 Å². The number of thiocarbonyl (C=S) groups is 1. The fourth-order valence-electron chi connectivity index (χ4n) is 4.47. The molecule has 6 nitrogen and oxygen atoms in total. The monoisotopic (exact) mass is 516 g/mol. The summed E-state index contributed by atoms with van der Waals surface area (Å²) >= 11 is 11.9. The van der Waals surface area contributed by atoms with Gasteiger partial charge in [0.1, 0.15) is 6.04 Å². The Hall–Kier alpha value is -3.68. The first-order valence-electron chi connectivity index (χ1n) is 11.7. The lowest BCUT2D eigenvalue weighted by molar-refractivity contribution is -0.124. The molecule has 0 aliphatic carbocycles. The lowest BCUT2D eigenvalue weighted by Gasteiger charge is -2.24. The number of hydrogen-bond donors (Lipinski definition) is 2. The molecule has 5 rings (SSSR count). The number of hydrogen-bond acceptors (Lipinski definition) is 3. The summed E-state index contributed by atoms with van der Waals surface area (Å²) in [6.07, 6.45) is 2.48. The van der Waals surface area contributed by atoms with Gasteiger partial charge in [-0.25, -0.2) is 0 Å². The Bertz CT molecular complexity index is 1450. The van der Waals surface area contributed by atoms with E-state index in [1.165, 1.54) is 4.90 Å². The van der Waals surface area contributed by atoms with Crippen LogP contribution in [-0.2, 0) is 16.0 Å². The molecule has 1 aliphatic heterocycles. The van der Waals surface area contributed by atoms with E-state index in [1.807, 2.05) is 90.8 Å². The number of aryl methyl sites for hydroxylation is 1. The molecule has 2 N–H and O–H groups in total. The third kappa shape index (κ3) is 4.98. The van der Waals surface area contributed by atoms with Crippen molar-refractivity contribution in [3.05, 3.63) is 95.1 Å². The number of halogens is 1. The Morgan fingerprint density at radius 2 is 1.89 bits per heavy atom. The fourth-order valence-corrected chi connectivity index (χ4v) is 5.10. The number of carbonyl (C=O) groups excluding carboxylic acids is 2. The molecule has 182 valence electrons. The molecule has 0 radical (unpaired) electrons. The molecule has 0 bridgehead atoms. The summed E-state index contributed by atoms with van der Waals surface area (Å²) in [7, 11) is 0. The minimum absolute atomic E-state index is 0.0142. The molecule has 1 saturated heterocycles. The summed E-state index contributed by atoms with van der Waals surface area (Å²) in [5.41, 5.74) is 4.42. The number of amides is 2. The van der Waals surface area contributed by atoms with Crippen LogP contribution in [0.4, 0.5) is 11.4 Å². The normalized spacial score (nSPS) is 15.7. The van der Waals surface area contributed by atoms with Crippen molar-refractivity contribution in [2.75, 3.05) is 16.8 Å². The second-order valence-electron chi connectivity index (χ2n) is 8.91. The first-order chi connectivity index (χ1) is 17.4. The van der Waals surface area contributed by atoms with Gasteiger partial charge >= 0.3 is 0 Å². The maximum Gasteiger partial charge on any atom is 0.256 e. The van der Waals surface area contributed by atoms with E-state index >= 15 is 0 Å². The highest BCUT2D eigenvalue weighted by Gasteiger charge is 2.43. The number of fused-ring (bicyclic) bond motifs is 1. The lowest BCUT2D eigenvalue weighted by atomic mass is 10.1. The number of aromatic nitrogens is 1. The van der Waals surface area contributed by atoms with Crippen LogP contribution < -0.4 is 10.2 Å². The van der Waals surface area contributed by atoms with Gasteiger partial charge in [0, 0.05) is 29.0 Å². The van der Waals surface area contributed by atoms with Gasteiger partial charge in [-0.1, -0.05) is 47.5 Å². The summed E-state index contributed by atoms with van der Waals surface area (Å²) in [6.45, 7) is 2.47. The number of rotatable bonds is 7. The van der Waals surface area contributed by atoms with Gasteiger partial charge in [-0.05, 0) is 79.0 Å². The zero-order valence-corrected chi connectivity index (χ0v) is 21.3. The Kier molecular flexibility index (Phi) is 6.76. The Morgan fingerprint density at radius 3 is 2.67 bits per heavy atom. The first kappa shape index (κ1) is 24.0. The predicted octanol–water partition coefficient (Wildman–Crippen LogP) is 5.70. The highest BCUT2D eigenvalue weighted by Crippen LogP contribution is 2.28. The number of anilines is 2. The van der Waals surface area contributed by atoms with Crippen LogP contribution in [0.2, 0.25) is 5.02 Å². The maximum atomic E-state index is 13.6. The van der Waals surface area contributed by atoms with Crippen LogP contribution in [-0.4, -0.2) is 39.4 Å². The zero-order chi connectivity index (χ0) is 25.2. The van der Waals surface area contributed by atoms with E-state index in [1.54, 1.807) is 0 Å². The molecule has 3 aromatic carbocycles. The number of nitrogens with zero attached hydrogens (tertiary/aromatic N) is 2. The molecular weight excluding hydrogens is 492 g/mol. The molecule has 1 atom stereocenters. The van der Waals surface area contributed by atoms with Crippen LogP contribution >= 0.6 is 23.8 Å². The molecule has 8 heteroatoms. The van der Waals surface area contributed by atoms with Crippen LogP contribution in [0.25, 0.3) is 10.9 Å². The second kappa shape index (κ2) is 10.1. The third-order valence-corrected chi connectivity index (χ3v) is 7.01. The summed E-state index contributed by atoms with van der Waals surface area (Å²) in [5, 5.41) is 5.05. The molecular formula is C28H25ClN4O2S. The Balaban J connectivity index is 1.37. The van der Waals surface area contributed by atoms with E-state index in [0.717, 1.165) is 22.0 Å². The van der Waals surface area contributed by atoms with Gasteiger partial charge in [0.15, 0.2) is 5.11 Å². The van der Waals surface area contributed by atoms with E-state index in [-0.39, 0.29) is 18.2 Å². The van der Waals surface area contributed by atoms with E-state index in [9.17, 15) is 9.59 Å². The number of H-pyrrole nitrogens is 1. The summed E-state index contributed by atoms with van der Waals surface area (Å²) < 4.78 is 0. The zero-order valence-electron chi connectivity index (χ0n) is 19.7. The standard InChI is InChI=1S/C28H25ClN4O2S/c1-18-5-9-23(10-6-18)33-27(35)25(32(28(33)36)14-12-19-3-2-4-21(29)15-19)17-26(34)31-22-8-7-20-11-13-30-24(20)16-22/h2-11,13,15-16,25,30H,12,14,17H2,1H3,(H,31,34). The number of benzene rings is 3. The van der Waals surface area contributed by atoms with Crippen molar-refractivity contribution in [2.24, 2.45) is 0 Å².